The summed E-state index contributed by atoms with van der Waals surface area (Å²) in [6, 6.07) is 0.222. The predicted molar refractivity (Wildman–Crippen MR) is 86.0 cm³/mol. The Hall–Kier alpha value is -1.96. The highest BCUT2D eigenvalue weighted by molar-refractivity contribution is 6.35. The van der Waals surface area contributed by atoms with Crippen LogP contribution in [0.2, 0.25) is 0 Å². The maximum atomic E-state index is 12.1. The fourth-order valence-corrected chi connectivity index (χ4v) is 3.14. The third kappa shape index (κ3) is 3.28. The Morgan fingerprint density at radius 2 is 1.79 bits per heavy atom. The van der Waals surface area contributed by atoms with Gasteiger partial charge in [0.2, 0.25) is 0 Å². The average Bonchev–Trinajstić information content (AvgIpc) is 3.50. The molecule has 24 heavy (non-hydrogen) atoms. The van der Waals surface area contributed by atoms with Gasteiger partial charge in [0.15, 0.2) is 0 Å². The number of nitrogens with zero attached hydrogens (tertiary/aromatic N) is 5. The average molecular weight is 332 g/mol. The SMILES string of the molecule is Cn1c(CN2CCN(C(=O)C(=O)NC3CC3)CC2)nnc1C1CC1. The Morgan fingerprint density at radius 1 is 1.08 bits per heavy atom. The largest absolute Gasteiger partial charge is 0.345 e. The van der Waals surface area contributed by atoms with E-state index in [1.807, 2.05) is 7.05 Å². The van der Waals surface area contributed by atoms with Crippen LogP contribution in [-0.4, -0.2) is 68.6 Å². The molecule has 2 heterocycles. The lowest BCUT2D eigenvalue weighted by atomic mass is 10.3. The van der Waals surface area contributed by atoms with Crippen molar-refractivity contribution in [3.8, 4) is 0 Å². The topological polar surface area (TPSA) is 83.4 Å². The second-order valence-electron chi connectivity index (χ2n) is 7.12. The number of piperazine rings is 1. The van der Waals surface area contributed by atoms with Crippen LogP contribution in [0.4, 0.5) is 0 Å². The minimum atomic E-state index is -0.451. The van der Waals surface area contributed by atoms with Crippen molar-refractivity contribution < 1.29 is 9.59 Å². The molecule has 0 unspecified atom stereocenters. The Kier molecular flexibility index (Phi) is 3.99. The number of hydrogen-bond acceptors (Lipinski definition) is 5. The fraction of sp³-hybridized carbons (Fsp3) is 0.750. The predicted octanol–water partition coefficient (Wildman–Crippen LogP) is -0.385. The molecule has 3 aliphatic rings. The van der Waals surface area contributed by atoms with Crippen molar-refractivity contribution in [3.05, 3.63) is 11.6 Å². The maximum absolute atomic E-state index is 12.1. The molecule has 2 aliphatic carbocycles. The monoisotopic (exact) mass is 332 g/mol. The van der Waals surface area contributed by atoms with E-state index in [0.717, 1.165) is 44.1 Å². The van der Waals surface area contributed by atoms with Gasteiger partial charge in [0.25, 0.3) is 0 Å². The van der Waals surface area contributed by atoms with Crippen LogP contribution >= 0.6 is 0 Å². The molecule has 0 aromatic carbocycles. The molecule has 130 valence electrons. The van der Waals surface area contributed by atoms with E-state index in [1.165, 1.54) is 12.8 Å². The van der Waals surface area contributed by atoms with Gasteiger partial charge in [-0.15, -0.1) is 10.2 Å². The summed E-state index contributed by atoms with van der Waals surface area (Å²) < 4.78 is 2.11. The smallest absolute Gasteiger partial charge is 0.311 e. The second-order valence-corrected chi connectivity index (χ2v) is 7.12. The summed E-state index contributed by atoms with van der Waals surface area (Å²) in [6.07, 6.45) is 4.42. The molecule has 4 rings (SSSR count). The molecule has 0 bridgehead atoms. The third-order valence-corrected chi connectivity index (χ3v) is 5.07. The van der Waals surface area contributed by atoms with Gasteiger partial charge in [-0.25, -0.2) is 0 Å². The van der Waals surface area contributed by atoms with Crippen LogP contribution in [0, 0.1) is 0 Å². The Labute approximate surface area is 141 Å². The second kappa shape index (κ2) is 6.16. The van der Waals surface area contributed by atoms with Gasteiger partial charge in [0, 0.05) is 45.2 Å². The lowest BCUT2D eigenvalue weighted by Crippen LogP contribution is -2.52. The van der Waals surface area contributed by atoms with Crippen LogP contribution < -0.4 is 5.32 Å². The van der Waals surface area contributed by atoms with Gasteiger partial charge in [-0.2, -0.15) is 0 Å². The maximum Gasteiger partial charge on any atom is 0.311 e. The number of hydrogen-bond donors (Lipinski definition) is 1. The van der Waals surface area contributed by atoms with E-state index >= 15 is 0 Å². The van der Waals surface area contributed by atoms with E-state index in [0.29, 0.717) is 19.0 Å². The highest BCUT2D eigenvalue weighted by Crippen LogP contribution is 2.38. The Bertz CT molecular complexity index is 641. The summed E-state index contributed by atoms with van der Waals surface area (Å²) in [7, 11) is 2.03. The molecule has 1 aromatic rings. The van der Waals surface area contributed by atoms with Crippen LogP contribution in [-0.2, 0) is 23.2 Å². The summed E-state index contributed by atoms with van der Waals surface area (Å²) in [5, 5.41) is 11.4. The van der Waals surface area contributed by atoms with Crippen LogP contribution in [0.1, 0.15) is 43.3 Å². The molecule has 0 spiro atoms. The standard InChI is InChI=1S/C16H24N6O2/c1-20-13(18-19-14(20)11-2-3-11)10-21-6-8-22(9-7-21)16(24)15(23)17-12-4-5-12/h11-12H,2-10H2,1H3,(H,17,23). The van der Waals surface area contributed by atoms with E-state index < -0.39 is 11.8 Å². The van der Waals surface area contributed by atoms with Crippen LogP contribution in [0.15, 0.2) is 0 Å². The molecule has 0 atom stereocenters. The summed E-state index contributed by atoms with van der Waals surface area (Å²) in [5.41, 5.74) is 0. The zero-order valence-electron chi connectivity index (χ0n) is 14.1. The summed E-state index contributed by atoms with van der Waals surface area (Å²) in [4.78, 5) is 27.9. The van der Waals surface area contributed by atoms with Crippen LogP contribution in [0.25, 0.3) is 0 Å². The zero-order valence-corrected chi connectivity index (χ0v) is 14.1. The summed E-state index contributed by atoms with van der Waals surface area (Å²) >= 11 is 0. The van der Waals surface area contributed by atoms with Gasteiger partial charge < -0.3 is 14.8 Å². The Balaban J connectivity index is 1.28. The van der Waals surface area contributed by atoms with Crippen molar-refractivity contribution in [2.75, 3.05) is 26.2 Å². The molecule has 1 aliphatic heterocycles. The van der Waals surface area contributed by atoms with Crippen molar-refractivity contribution in [1.82, 2.24) is 29.9 Å². The molecule has 2 saturated carbocycles. The van der Waals surface area contributed by atoms with Gasteiger partial charge in [0.05, 0.1) is 6.54 Å². The lowest BCUT2D eigenvalue weighted by Gasteiger charge is -2.34. The highest BCUT2D eigenvalue weighted by atomic mass is 16.2. The van der Waals surface area contributed by atoms with Crippen LogP contribution in [0.3, 0.4) is 0 Å². The van der Waals surface area contributed by atoms with Gasteiger partial charge in [-0.1, -0.05) is 0 Å². The van der Waals surface area contributed by atoms with Crippen molar-refractivity contribution in [2.24, 2.45) is 7.05 Å². The van der Waals surface area contributed by atoms with Crippen molar-refractivity contribution in [1.29, 1.82) is 0 Å². The third-order valence-electron chi connectivity index (χ3n) is 5.07. The van der Waals surface area contributed by atoms with Gasteiger partial charge >= 0.3 is 11.8 Å². The molecule has 3 fully saturated rings. The molecular weight excluding hydrogens is 308 g/mol. The first-order valence-corrected chi connectivity index (χ1v) is 8.82. The molecule has 0 radical (unpaired) electrons. The quantitative estimate of drug-likeness (QED) is 0.760. The molecule has 1 saturated heterocycles. The molecule has 1 aromatic heterocycles. The minimum absolute atomic E-state index is 0.222. The van der Waals surface area contributed by atoms with E-state index in [4.69, 9.17) is 0 Å². The minimum Gasteiger partial charge on any atom is -0.345 e. The molecule has 8 heteroatoms. The van der Waals surface area contributed by atoms with Gasteiger partial charge in [-0.05, 0) is 25.7 Å². The normalized spacial score (nSPS) is 21.8. The first-order chi connectivity index (χ1) is 11.6. The number of rotatable bonds is 4. The van der Waals surface area contributed by atoms with Crippen molar-refractivity contribution in [2.45, 2.75) is 44.2 Å². The first-order valence-electron chi connectivity index (χ1n) is 8.82. The molecular formula is C16H24N6O2. The number of carbonyl (C=O) groups excluding carboxylic acids is 2. The summed E-state index contributed by atoms with van der Waals surface area (Å²) in [6.45, 7) is 3.43. The zero-order chi connectivity index (χ0) is 16.7. The molecule has 2 amide bonds. The van der Waals surface area contributed by atoms with E-state index in [9.17, 15) is 9.59 Å². The van der Waals surface area contributed by atoms with Gasteiger partial charge in [0.1, 0.15) is 11.6 Å². The van der Waals surface area contributed by atoms with Crippen molar-refractivity contribution >= 4 is 11.8 Å². The van der Waals surface area contributed by atoms with E-state index in [1.54, 1.807) is 4.90 Å². The van der Waals surface area contributed by atoms with E-state index in [2.05, 4.69) is 25.0 Å². The fourth-order valence-electron chi connectivity index (χ4n) is 3.14. The highest BCUT2D eigenvalue weighted by Gasteiger charge is 2.32. The first kappa shape index (κ1) is 15.6. The van der Waals surface area contributed by atoms with Crippen molar-refractivity contribution in [3.63, 3.8) is 0 Å². The Morgan fingerprint density at radius 3 is 2.42 bits per heavy atom. The van der Waals surface area contributed by atoms with Gasteiger partial charge in [-0.3, -0.25) is 14.5 Å². The van der Waals surface area contributed by atoms with E-state index in [-0.39, 0.29) is 6.04 Å². The number of amides is 2. The molecule has 8 nitrogen and oxygen atoms in total. The number of nitrogens with one attached hydrogen (secondary N) is 1. The van der Waals surface area contributed by atoms with Crippen LogP contribution in [0.5, 0.6) is 0 Å². The number of carbonyl (C=O) groups is 2. The summed E-state index contributed by atoms with van der Waals surface area (Å²) in [5.74, 6) is 1.82. The number of aromatic nitrogens is 3. The lowest BCUT2D eigenvalue weighted by molar-refractivity contribution is -0.147. The molecule has 1 N–H and O–H groups in total.